The minimum absolute atomic E-state index is 0.0810. The van der Waals surface area contributed by atoms with E-state index in [1.54, 1.807) is 11.9 Å². The van der Waals surface area contributed by atoms with E-state index in [4.69, 9.17) is 4.74 Å². The molecular weight excluding hydrogens is 316 g/mol. The quantitative estimate of drug-likeness (QED) is 0.930. The fourth-order valence-electron chi connectivity index (χ4n) is 3.09. The number of carbonyl (C=O) groups excluding carboxylic acids is 2. The number of carbonyl (C=O) groups is 2. The van der Waals surface area contributed by atoms with Gasteiger partial charge in [-0.15, -0.1) is 0 Å². The number of benzene rings is 2. The number of likely N-dealkylation sites (N-methyl/N-ethyl adjacent to an activating group) is 1. The average molecular weight is 338 g/mol. The van der Waals surface area contributed by atoms with Gasteiger partial charge in [-0.25, -0.2) is 0 Å². The van der Waals surface area contributed by atoms with E-state index in [1.165, 1.54) is 0 Å². The van der Waals surface area contributed by atoms with E-state index in [1.807, 2.05) is 61.5 Å². The number of aryl methyl sites for hydroxylation is 1. The molecular formula is C20H22N2O3. The number of ether oxygens (including phenoxy) is 1. The Bertz CT molecular complexity index is 761. The summed E-state index contributed by atoms with van der Waals surface area (Å²) in [7, 11) is 1.71. The Balaban J connectivity index is 1.76. The van der Waals surface area contributed by atoms with Gasteiger partial charge in [-0.3, -0.25) is 9.59 Å². The van der Waals surface area contributed by atoms with Crippen molar-refractivity contribution in [2.24, 2.45) is 0 Å². The van der Waals surface area contributed by atoms with E-state index < -0.39 is 12.1 Å². The molecule has 1 aliphatic rings. The van der Waals surface area contributed by atoms with E-state index in [-0.39, 0.29) is 18.4 Å². The van der Waals surface area contributed by atoms with Crippen LogP contribution in [0.5, 0.6) is 0 Å². The number of rotatable bonds is 4. The minimum atomic E-state index is -0.727. The van der Waals surface area contributed by atoms with E-state index >= 15 is 0 Å². The van der Waals surface area contributed by atoms with Crippen LogP contribution >= 0.6 is 0 Å². The van der Waals surface area contributed by atoms with Gasteiger partial charge < -0.3 is 15.0 Å². The fourth-order valence-corrected chi connectivity index (χ4v) is 3.09. The maximum Gasteiger partial charge on any atom is 0.251 e. The number of amides is 2. The lowest BCUT2D eigenvalue weighted by Crippen LogP contribution is -2.52. The zero-order chi connectivity index (χ0) is 17.8. The molecule has 25 heavy (non-hydrogen) atoms. The summed E-state index contributed by atoms with van der Waals surface area (Å²) < 4.78 is 5.60. The van der Waals surface area contributed by atoms with Crippen LogP contribution in [0.4, 0.5) is 0 Å². The third-order valence-corrected chi connectivity index (χ3v) is 4.43. The summed E-state index contributed by atoms with van der Waals surface area (Å²) >= 11 is 0. The van der Waals surface area contributed by atoms with Crippen molar-refractivity contribution in [2.75, 3.05) is 13.7 Å². The largest absolute Gasteiger partial charge is 0.356 e. The molecule has 0 unspecified atom stereocenters. The van der Waals surface area contributed by atoms with Gasteiger partial charge in [-0.2, -0.15) is 0 Å². The fraction of sp³-hybridized carbons (Fsp3) is 0.300. The Kier molecular flexibility index (Phi) is 5.14. The first-order valence-electron chi connectivity index (χ1n) is 8.32. The summed E-state index contributed by atoms with van der Waals surface area (Å²) in [6.07, 6.45) is -0.727. The molecule has 0 saturated carbocycles. The standard InChI is InChI=1S/C20H22N2O3/c1-14-7-6-8-15(11-14)12-21-20(24)19-18(16-9-4-3-5-10-16)22(2)17(23)13-25-19/h3-11,18-19H,12-13H2,1-2H3,(H,21,24)/t18-,19-/m0/s1. The van der Waals surface area contributed by atoms with E-state index in [0.717, 1.165) is 16.7 Å². The highest BCUT2D eigenvalue weighted by atomic mass is 16.5. The number of hydrogen-bond acceptors (Lipinski definition) is 3. The van der Waals surface area contributed by atoms with E-state index in [0.29, 0.717) is 6.54 Å². The van der Waals surface area contributed by atoms with Gasteiger partial charge >= 0.3 is 0 Å². The van der Waals surface area contributed by atoms with Crippen LogP contribution in [0, 0.1) is 6.92 Å². The number of nitrogens with zero attached hydrogens (tertiary/aromatic N) is 1. The summed E-state index contributed by atoms with van der Waals surface area (Å²) in [6.45, 7) is 2.36. The molecule has 2 aromatic rings. The summed E-state index contributed by atoms with van der Waals surface area (Å²) in [5.74, 6) is -0.341. The van der Waals surface area contributed by atoms with Gasteiger partial charge in [0.2, 0.25) is 5.91 Å². The third kappa shape index (κ3) is 3.88. The third-order valence-electron chi connectivity index (χ3n) is 4.43. The van der Waals surface area contributed by atoms with Crippen molar-refractivity contribution in [3.05, 3.63) is 71.3 Å². The minimum Gasteiger partial charge on any atom is -0.356 e. The van der Waals surface area contributed by atoms with Crippen molar-refractivity contribution in [1.29, 1.82) is 0 Å². The van der Waals surface area contributed by atoms with Gasteiger partial charge in [-0.1, -0.05) is 60.2 Å². The molecule has 5 nitrogen and oxygen atoms in total. The van der Waals surface area contributed by atoms with Crippen molar-refractivity contribution < 1.29 is 14.3 Å². The van der Waals surface area contributed by atoms with Gasteiger partial charge in [0.05, 0.1) is 6.04 Å². The van der Waals surface area contributed by atoms with Gasteiger partial charge in [0, 0.05) is 13.6 Å². The summed E-state index contributed by atoms with van der Waals surface area (Å²) in [6, 6.07) is 17.1. The molecule has 0 aliphatic carbocycles. The van der Waals surface area contributed by atoms with Crippen LogP contribution in [0.25, 0.3) is 0 Å². The highest BCUT2D eigenvalue weighted by Gasteiger charge is 2.39. The molecule has 2 atom stereocenters. The molecule has 0 radical (unpaired) electrons. The van der Waals surface area contributed by atoms with Crippen LogP contribution in [0.1, 0.15) is 22.7 Å². The Morgan fingerprint density at radius 1 is 1.20 bits per heavy atom. The topological polar surface area (TPSA) is 58.6 Å². The second-order valence-corrected chi connectivity index (χ2v) is 6.30. The van der Waals surface area contributed by atoms with Crippen molar-refractivity contribution in [3.63, 3.8) is 0 Å². The normalized spacial score (nSPS) is 20.4. The molecule has 2 aromatic carbocycles. The molecule has 130 valence electrons. The zero-order valence-corrected chi connectivity index (χ0v) is 14.4. The summed E-state index contributed by atoms with van der Waals surface area (Å²) in [4.78, 5) is 26.3. The first-order valence-corrected chi connectivity index (χ1v) is 8.32. The lowest BCUT2D eigenvalue weighted by Gasteiger charge is -2.38. The molecule has 0 spiro atoms. The van der Waals surface area contributed by atoms with Crippen LogP contribution in [0.3, 0.4) is 0 Å². The number of hydrogen-bond donors (Lipinski definition) is 1. The molecule has 0 bridgehead atoms. The first kappa shape index (κ1) is 17.2. The first-order chi connectivity index (χ1) is 12.1. The van der Waals surface area contributed by atoms with Crippen LogP contribution in [0.2, 0.25) is 0 Å². The molecule has 2 amide bonds. The van der Waals surface area contributed by atoms with Crippen molar-refractivity contribution >= 4 is 11.8 Å². The maximum absolute atomic E-state index is 12.7. The second kappa shape index (κ2) is 7.49. The highest BCUT2D eigenvalue weighted by molar-refractivity contribution is 5.86. The summed E-state index contributed by atoms with van der Waals surface area (Å²) in [5, 5.41) is 2.93. The van der Waals surface area contributed by atoms with Crippen molar-refractivity contribution in [3.8, 4) is 0 Å². The average Bonchev–Trinajstić information content (AvgIpc) is 2.62. The van der Waals surface area contributed by atoms with E-state index in [2.05, 4.69) is 5.32 Å². The Morgan fingerprint density at radius 2 is 1.96 bits per heavy atom. The smallest absolute Gasteiger partial charge is 0.251 e. The predicted molar refractivity (Wildman–Crippen MR) is 94.7 cm³/mol. The molecule has 1 N–H and O–H groups in total. The lowest BCUT2D eigenvalue weighted by molar-refractivity contribution is -0.162. The van der Waals surface area contributed by atoms with E-state index in [9.17, 15) is 9.59 Å². The predicted octanol–water partition coefficient (Wildman–Crippen LogP) is 2.21. The van der Waals surface area contributed by atoms with Crippen LogP contribution in [-0.2, 0) is 20.9 Å². The maximum atomic E-state index is 12.7. The number of morpholine rings is 1. The highest BCUT2D eigenvalue weighted by Crippen LogP contribution is 2.29. The number of nitrogens with one attached hydrogen (secondary N) is 1. The van der Waals surface area contributed by atoms with Crippen LogP contribution in [0.15, 0.2) is 54.6 Å². The lowest BCUT2D eigenvalue weighted by atomic mass is 9.97. The summed E-state index contributed by atoms with van der Waals surface area (Å²) in [5.41, 5.74) is 3.06. The molecule has 1 fully saturated rings. The molecule has 3 rings (SSSR count). The second-order valence-electron chi connectivity index (χ2n) is 6.30. The van der Waals surface area contributed by atoms with Crippen molar-refractivity contribution in [1.82, 2.24) is 10.2 Å². The monoisotopic (exact) mass is 338 g/mol. The molecule has 5 heteroatoms. The Morgan fingerprint density at radius 3 is 2.68 bits per heavy atom. The molecule has 1 aliphatic heterocycles. The zero-order valence-electron chi connectivity index (χ0n) is 14.4. The van der Waals surface area contributed by atoms with Crippen molar-refractivity contribution in [2.45, 2.75) is 25.6 Å². The molecule has 0 aromatic heterocycles. The molecule has 1 saturated heterocycles. The van der Waals surface area contributed by atoms with Gasteiger partial charge in [0.1, 0.15) is 6.61 Å². The molecule has 1 heterocycles. The van der Waals surface area contributed by atoms with Gasteiger partial charge in [0.15, 0.2) is 6.10 Å². The SMILES string of the molecule is Cc1cccc(CNC(=O)[C@H]2OCC(=O)N(C)[C@H]2c2ccccc2)c1. The van der Waals surface area contributed by atoms with Crippen LogP contribution < -0.4 is 5.32 Å². The van der Waals surface area contributed by atoms with Crippen LogP contribution in [-0.4, -0.2) is 36.5 Å². The Hall–Kier alpha value is -2.66. The van der Waals surface area contributed by atoms with Gasteiger partial charge in [-0.05, 0) is 18.1 Å². The Labute approximate surface area is 147 Å². The van der Waals surface area contributed by atoms with Gasteiger partial charge in [0.25, 0.3) is 5.91 Å².